The maximum Gasteiger partial charge on any atom is 0.231 e. The SMILES string of the molecule is CNC1COCC1C(=O)Nc1cccc(Cl)c1N(C)C. The number of likely N-dealkylation sites (N-methyl/N-ethyl adjacent to an activating group) is 1. The fourth-order valence-corrected chi connectivity index (χ4v) is 2.74. The van der Waals surface area contributed by atoms with E-state index in [1.165, 1.54) is 0 Å². The lowest BCUT2D eigenvalue weighted by Gasteiger charge is -2.21. The number of amides is 1. The number of carbonyl (C=O) groups is 1. The Bertz CT molecular complexity index is 493. The van der Waals surface area contributed by atoms with Gasteiger partial charge in [0.2, 0.25) is 5.91 Å². The number of carbonyl (C=O) groups excluding carboxylic acids is 1. The highest BCUT2D eigenvalue weighted by molar-refractivity contribution is 6.34. The van der Waals surface area contributed by atoms with Crippen LogP contribution in [-0.2, 0) is 9.53 Å². The van der Waals surface area contributed by atoms with Crippen molar-refractivity contribution in [2.45, 2.75) is 6.04 Å². The summed E-state index contributed by atoms with van der Waals surface area (Å²) >= 11 is 6.19. The fourth-order valence-electron chi connectivity index (χ4n) is 2.39. The van der Waals surface area contributed by atoms with Crippen LogP contribution in [-0.4, -0.2) is 46.3 Å². The Morgan fingerprint density at radius 2 is 2.15 bits per heavy atom. The van der Waals surface area contributed by atoms with Crippen LogP contribution in [0.25, 0.3) is 0 Å². The second-order valence-corrected chi connectivity index (χ2v) is 5.47. The van der Waals surface area contributed by atoms with Crippen LogP contribution >= 0.6 is 11.6 Å². The predicted octanol–water partition coefficient (Wildman–Crippen LogP) is 1.58. The van der Waals surface area contributed by atoms with Crippen LogP contribution in [0.15, 0.2) is 18.2 Å². The summed E-state index contributed by atoms with van der Waals surface area (Å²) in [6.45, 7) is 1.000. The average Bonchev–Trinajstić information content (AvgIpc) is 2.86. The maximum absolute atomic E-state index is 12.4. The molecule has 2 atom stereocenters. The van der Waals surface area contributed by atoms with Gasteiger partial charge in [-0.05, 0) is 19.2 Å². The molecule has 1 aromatic rings. The predicted molar refractivity (Wildman–Crippen MR) is 81.6 cm³/mol. The van der Waals surface area contributed by atoms with Crippen molar-refractivity contribution in [1.82, 2.24) is 5.32 Å². The van der Waals surface area contributed by atoms with E-state index in [0.717, 1.165) is 5.69 Å². The fraction of sp³-hybridized carbons (Fsp3) is 0.500. The molecule has 2 unspecified atom stereocenters. The van der Waals surface area contributed by atoms with E-state index in [1.807, 2.05) is 44.2 Å². The van der Waals surface area contributed by atoms with E-state index in [9.17, 15) is 4.79 Å². The summed E-state index contributed by atoms with van der Waals surface area (Å²) in [7, 11) is 5.63. The first-order chi connectivity index (χ1) is 9.54. The molecule has 0 aliphatic carbocycles. The second-order valence-electron chi connectivity index (χ2n) is 5.06. The van der Waals surface area contributed by atoms with Gasteiger partial charge in [0.05, 0.1) is 35.5 Å². The molecule has 0 saturated carbocycles. The molecule has 2 N–H and O–H groups in total. The van der Waals surface area contributed by atoms with Crippen molar-refractivity contribution in [3.05, 3.63) is 23.2 Å². The average molecular weight is 298 g/mol. The minimum Gasteiger partial charge on any atom is -0.379 e. The number of hydrogen-bond donors (Lipinski definition) is 2. The Kier molecular flexibility index (Phi) is 4.86. The first-order valence-electron chi connectivity index (χ1n) is 6.56. The topological polar surface area (TPSA) is 53.6 Å². The molecule has 1 heterocycles. The molecule has 5 nitrogen and oxygen atoms in total. The summed E-state index contributed by atoms with van der Waals surface area (Å²) in [5.41, 5.74) is 1.52. The van der Waals surface area contributed by atoms with Gasteiger partial charge in [0.1, 0.15) is 0 Å². The number of ether oxygens (including phenoxy) is 1. The largest absolute Gasteiger partial charge is 0.379 e. The molecule has 20 heavy (non-hydrogen) atoms. The number of anilines is 2. The van der Waals surface area contributed by atoms with Crippen LogP contribution in [0, 0.1) is 5.92 Å². The van der Waals surface area contributed by atoms with Gasteiger partial charge < -0.3 is 20.3 Å². The van der Waals surface area contributed by atoms with E-state index in [0.29, 0.717) is 23.9 Å². The Morgan fingerprint density at radius 1 is 1.40 bits per heavy atom. The summed E-state index contributed by atoms with van der Waals surface area (Å²) < 4.78 is 5.36. The van der Waals surface area contributed by atoms with Crippen molar-refractivity contribution in [2.75, 3.05) is 44.6 Å². The van der Waals surface area contributed by atoms with Gasteiger partial charge in [-0.3, -0.25) is 4.79 Å². The van der Waals surface area contributed by atoms with Gasteiger partial charge in [0.25, 0.3) is 0 Å². The van der Waals surface area contributed by atoms with Gasteiger partial charge >= 0.3 is 0 Å². The third kappa shape index (κ3) is 3.06. The maximum atomic E-state index is 12.4. The first-order valence-corrected chi connectivity index (χ1v) is 6.94. The number of rotatable bonds is 4. The van der Waals surface area contributed by atoms with Crippen molar-refractivity contribution >= 4 is 28.9 Å². The molecule has 1 saturated heterocycles. The zero-order valence-corrected chi connectivity index (χ0v) is 12.7. The first kappa shape index (κ1) is 15.1. The number of para-hydroxylation sites is 1. The van der Waals surface area contributed by atoms with Crippen LogP contribution in [0.4, 0.5) is 11.4 Å². The zero-order valence-electron chi connectivity index (χ0n) is 11.9. The van der Waals surface area contributed by atoms with E-state index in [2.05, 4.69) is 10.6 Å². The molecule has 0 spiro atoms. The molecule has 110 valence electrons. The molecule has 0 radical (unpaired) electrons. The van der Waals surface area contributed by atoms with Crippen molar-refractivity contribution < 1.29 is 9.53 Å². The van der Waals surface area contributed by atoms with Gasteiger partial charge in [0.15, 0.2) is 0 Å². The summed E-state index contributed by atoms with van der Waals surface area (Å²) in [5, 5.41) is 6.67. The molecule has 1 aliphatic heterocycles. The lowest BCUT2D eigenvalue weighted by Crippen LogP contribution is -2.39. The number of halogens is 1. The second kappa shape index (κ2) is 6.43. The van der Waals surface area contributed by atoms with Crippen LogP contribution in [0.1, 0.15) is 0 Å². The lowest BCUT2D eigenvalue weighted by atomic mass is 10.0. The van der Waals surface area contributed by atoms with Crippen LogP contribution in [0.2, 0.25) is 5.02 Å². The van der Waals surface area contributed by atoms with Gasteiger partial charge in [-0.2, -0.15) is 0 Å². The van der Waals surface area contributed by atoms with Crippen LogP contribution in [0.3, 0.4) is 0 Å². The molecule has 6 heteroatoms. The minimum atomic E-state index is -0.186. The van der Waals surface area contributed by atoms with E-state index in [4.69, 9.17) is 16.3 Å². The van der Waals surface area contributed by atoms with Gasteiger partial charge in [-0.15, -0.1) is 0 Å². The molecule has 1 amide bonds. The molecule has 1 aliphatic rings. The standard InChI is InChI=1S/C14H20ClN3O2/c1-16-12-8-20-7-9(12)14(19)17-11-6-4-5-10(15)13(11)18(2)3/h4-6,9,12,16H,7-8H2,1-3H3,(H,17,19). The van der Waals surface area contributed by atoms with E-state index in [-0.39, 0.29) is 17.9 Å². The van der Waals surface area contributed by atoms with Gasteiger partial charge in [-0.1, -0.05) is 17.7 Å². The minimum absolute atomic E-state index is 0.0489. The Labute approximate surface area is 124 Å². The lowest BCUT2D eigenvalue weighted by molar-refractivity contribution is -0.120. The molecule has 1 aromatic carbocycles. The zero-order chi connectivity index (χ0) is 14.7. The molecule has 0 bridgehead atoms. The Hall–Kier alpha value is -1.30. The van der Waals surface area contributed by atoms with Gasteiger partial charge in [0, 0.05) is 20.1 Å². The molecular weight excluding hydrogens is 278 g/mol. The van der Waals surface area contributed by atoms with Crippen LogP contribution < -0.4 is 15.5 Å². The van der Waals surface area contributed by atoms with E-state index >= 15 is 0 Å². The number of hydrogen-bond acceptors (Lipinski definition) is 4. The van der Waals surface area contributed by atoms with Crippen molar-refractivity contribution in [3.8, 4) is 0 Å². The summed E-state index contributed by atoms with van der Waals surface area (Å²) in [4.78, 5) is 14.3. The van der Waals surface area contributed by atoms with Crippen molar-refractivity contribution in [3.63, 3.8) is 0 Å². The van der Waals surface area contributed by atoms with E-state index < -0.39 is 0 Å². The quantitative estimate of drug-likeness (QED) is 0.886. The summed E-state index contributed by atoms with van der Waals surface area (Å²) in [6.07, 6.45) is 0. The normalized spacial score (nSPS) is 21.8. The summed E-state index contributed by atoms with van der Waals surface area (Å²) in [5.74, 6) is -0.235. The molecule has 2 rings (SSSR count). The smallest absolute Gasteiger partial charge is 0.231 e. The molecule has 0 aromatic heterocycles. The highest BCUT2D eigenvalue weighted by Crippen LogP contribution is 2.33. The molecule has 1 fully saturated rings. The summed E-state index contributed by atoms with van der Waals surface area (Å²) in [6, 6.07) is 5.54. The van der Waals surface area contributed by atoms with Crippen LogP contribution in [0.5, 0.6) is 0 Å². The Morgan fingerprint density at radius 3 is 2.80 bits per heavy atom. The Balaban J connectivity index is 2.18. The number of benzene rings is 1. The van der Waals surface area contributed by atoms with Crippen molar-refractivity contribution in [2.24, 2.45) is 5.92 Å². The van der Waals surface area contributed by atoms with E-state index in [1.54, 1.807) is 0 Å². The van der Waals surface area contributed by atoms with Gasteiger partial charge in [-0.25, -0.2) is 0 Å². The number of nitrogens with one attached hydrogen (secondary N) is 2. The highest BCUT2D eigenvalue weighted by atomic mass is 35.5. The van der Waals surface area contributed by atoms with Crippen molar-refractivity contribution in [1.29, 1.82) is 0 Å². The number of nitrogens with zero attached hydrogens (tertiary/aromatic N) is 1. The highest BCUT2D eigenvalue weighted by Gasteiger charge is 2.33. The monoisotopic (exact) mass is 297 g/mol. The molecular formula is C14H20ClN3O2. The third-order valence-electron chi connectivity index (χ3n) is 3.48. The third-order valence-corrected chi connectivity index (χ3v) is 3.78.